The van der Waals surface area contributed by atoms with Crippen molar-refractivity contribution in [2.45, 2.75) is 38.4 Å². The number of nitrogens with zero attached hydrogens (tertiary/aromatic N) is 2. The number of rotatable bonds is 4. The number of alkyl halides is 3. The van der Waals surface area contributed by atoms with E-state index in [0.717, 1.165) is 23.2 Å². The Kier molecular flexibility index (Phi) is 6.38. The number of benzene rings is 3. The summed E-state index contributed by atoms with van der Waals surface area (Å²) in [5.41, 5.74) is 0.150. The van der Waals surface area contributed by atoms with Gasteiger partial charge in [0.15, 0.2) is 11.6 Å². The Morgan fingerprint density at radius 3 is 2.66 bits per heavy atom. The second kappa shape index (κ2) is 9.31. The lowest BCUT2D eigenvalue weighted by Crippen LogP contribution is -2.44. The number of imidazole rings is 1. The van der Waals surface area contributed by atoms with Crippen LogP contribution in [0.3, 0.4) is 0 Å². The molecule has 1 fully saturated rings. The first-order valence-electron chi connectivity index (χ1n) is 12.0. The summed E-state index contributed by atoms with van der Waals surface area (Å²) >= 11 is 6.27. The number of fused-ring (bicyclic) bond motifs is 1. The molecule has 1 aliphatic heterocycles. The molecule has 1 aliphatic rings. The number of aromatic amines is 1. The third-order valence-corrected chi connectivity index (χ3v) is 7.69. The van der Waals surface area contributed by atoms with Gasteiger partial charge in [-0.05, 0) is 79.8 Å². The van der Waals surface area contributed by atoms with Crippen LogP contribution in [0.2, 0.25) is 5.02 Å². The number of carbonyl (C=O) groups excluding carboxylic acids is 1. The zero-order valence-electron chi connectivity index (χ0n) is 20.8. The lowest BCUT2D eigenvalue weighted by molar-refractivity contribution is -0.137. The zero-order chi connectivity index (χ0) is 27.4. The molecule has 1 N–H and O–H groups in total. The number of ether oxygens (including phenoxy) is 1. The number of halogens is 5. The molecular formula is C28H24ClF4N3O2. The highest BCUT2D eigenvalue weighted by Gasteiger charge is 2.45. The van der Waals surface area contributed by atoms with Gasteiger partial charge < -0.3 is 14.6 Å². The van der Waals surface area contributed by atoms with E-state index in [0.29, 0.717) is 35.8 Å². The third-order valence-electron chi connectivity index (χ3n) is 7.28. The van der Waals surface area contributed by atoms with Gasteiger partial charge in [0.05, 0.1) is 34.8 Å². The Morgan fingerprint density at radius 2 is 1.95 bits per heavy atom. The van der Waals surface area contributed by atoms with Crippen LogP contribution in [0.1, 0.15) is 47.1 Å². The van der Waals surface area contributed by atoms with Crippen molar-refractivity contribution in [1.82, 2.24) is 14.9 Å². The number of methoxy groups -OCH3 is 1. The standard InChI is InChI=1S/C28H24ClF4N3O2/c1-15-19(29)9-10-20-24(15)35-26(34-20)27(2)12-5-13-36(27)25(37)22-18(8-11-21(38-3)23(22)30)16-6-4-7-17(14-16)28(31,32)33/h4,6-11,14H,5,12-13H2,1-3H3,(H,34,35). The fourth-order valence-corrected chi connectivity index (χ4v) is 5.29. The van der Waals surface area contributed by atoms with Crippen molar-refractivity contribution >= 4 is 28.5 Å². The molecule has 1 saturated heterocycles. The van der Waals surface area contributed by atoms with Gasteiger partial charge >= 0.3 is 6.18 Å². The quantitative estimate of drug-likeness (QED) is 0.270. The lowest BCUT2D eigenvalue weighted by Gasteiger charge is -2.34. The molecule has 1 aromatic heterocycles. The number of amides is 1. The maximum atomic E-state index is 15.7. The molecule has 0 radical (unpaired) electrons. The molecule has 0 bridgehead atoms. The SMILES string of the molecule is COc1ccc(-c2cccc(C(F)(F)F)c2)c(C(=O)N2CCCC2(C)c2nc3c(C)c(Cl)ccc3[nH]2)c1F. The first-order valence-corrected chi connectivity index (χ1v) is 12.3. The van der Waals surface area contributed by atoms with E-state index in [9.17, 15) is 18.0 Å². The lowest BCUT2D eigenvalue weighted by atomic mass is 9.93. The van der Waals surface area contributed by atoms with E-state index in [2.05, 4.69) is 4.98 Å². The van der Waals surface area contributed by atoms with Gasteiger partial charge in [0, 0.05) is 11.6 Å². The van der Waals surface area contributed by atoms with Gasteiger partial charge in [0.1, 0.15) is 5.82 Å². The number of hydrogen-bond donors (Lipinski definition) is 1. The Balaban J connectivity index is 1.64. The minimum atomic E-state index is -4.60. The molecule has 4 aromatic rings. The highest BCUT2D eigenvalue weighted by Crippen LogP contribution is 2.42. The summed E-state index contributed by atoms with van der Waals surface area (Å²) in [6.45, 7) is 4.00. The van der Waals surface area contributed by atoms with Crippen LogP contribution in [0, 0.1) is 12.7 Å². The topological polar surface area (TPSA) is 58.2 Å². The predicted octanol–water partition coefficient (Wildman–Crippen LogP) is 7.51. The molecule has 2 heterocycles. The van der Waals surface area contributed by atoms with Crippen LogP contribution >= 0.6 is 11.6 Å². The van der Waals surface area contributed by atoms with E-state index >= 15 is 4.39 Å². The van der Waals surface area contributed by atoms with Crippen molar-refractivity contribution in [3.05, 3.63) is 81.9 Å². The number of carbonyl (C=O) groups is 1. The summed E-state index contributed by atoms with van der Waals surface area (Å²) in [5, 5.41) is 0.559. The maximum Gasteiger partial charge on any atom is 0.416 e. The number of hydrogen-bond acceptors (Lipinski definition) is 3. The van der Waals surface area contributed by atoms with Crippen molar-refractivity contribution in [3.8, 4) is 16.9 Å². The highest BCUT2D eigenvalue weighted by molar-refractivity contribution is 6.32. The maximum absolute atomic E-state index is 15.7. The van der Waals surface area contributed by atoms with E-state index in [-0.39, 0.29) is 22.4 Å². The Morgan fingerprint density at radius 1 is 1.18 bits per heavy atom. The predicted molar refractivity (Wildman–Crippen MR) is 137 cm³/mol. The number of nitrogens with one attached hydrogen (secondary N) is 1. The Labute approximate surface area is 221 Å². The highest BCUT2D eigenvalue weighted by atomic mass is 35.5. The number of likely N-dealkylation sites (tertiary alicyclic amines) is 1. The minimum absolute atomic E-state index is 0.0425. The molecule has 1 unspecified atom stereocenters. The van der Waals surface area contributed by atoms with Gasteiger partial charge in [-0.15, -0.1) is 0 Å². The second-order valence-electron chi connectivity index (χ2n) is 9.57. The van der Waals surface area contributed by atoms with Crippen LogP contribution in [0.25, 0.3) is 22.2 Å². The van der Waals surface area contributed by atoms with Gasteiger partial charge in [0.25, 0.3) is 5.91 Å². The molecular weight excluding hydrogens is 522 g/mol. The van der Waals surface area contributed by atoms with Crippen LogP contribution in [0.5, 0.6) is 5.75 Å². The van der Waals surface area contributed by atoms with Crippen LogP contribution in [-0.2, 0) is 11.7 Å². The van der Waals surface area contributed by atoms with Gasteiger partial charge in [0.2, 0.25) is 0 Å². The third kappa shape index (κ3) is 4.18. The molecule has 38 heavy (non-hydrogen) atoms. The van der Waals surface area contributed by atoms with Gasteiger partial charge in [-0.2, -0.15) is 13.2 Å². The number of aryl methyl sites for hydroxylation is 1. The molecule has 198 valence electrons. The summed E-state index contributed by atoms with van der Waals surface area (Å²) < 4.78 is 61.1. The molecule has 5 rings (SSSR count). The smallest absolute Gasteiger partial charge is 0.416 e. The molecule has 10 heteroatoms. The summed E-state index contributed by atoms with van der Waals surface area (Å²) in [6.07, 6.45) is -3.42. The van der Waals surface area contributed by atoms with E-state index in [4.69, 9.17) is 21.3 Å². The van der Waals surface area contributed by atoms with Crippen LogP contribution in [-0.4, -0.2) is 34.4 Å². The molecule has 3 aromatic carbocycles. The monoisotopic (exact) mass is 545 g/mol. The van der Waals surface area contributed by atoms with E-state index in [1.165, 1.54) is 36.3 Å². The normalized spacial score (nSPS) is 17.8. The van der Waals surface area contributed by atoms with Crippen molar-refractivity contribution < 1.29 is 27.1 Å². The van der Waals surface area contributed by atoms with Crippen LogP contribution in [0.4, 0.5) is 17.6 Å². The van der Waals surface area contributed by atoms with Crippen molar-refractivity contribution in [2.75, 3.05) is 13.7 Å². The first-order chi connectivity index (χ1) is 18.0. The fraction of sp³-hybridized carbons (Fsp3) is 0.286. The molecule has 1 atom stereocenters. The number of H-pyrrole nitrogens is 1. The van der Waals surface area contributed by atoms with Crippen molar-refractivity contribution in [3.63, 3.8) is 0 Å². The average molecular weight is 546 g/mol. The first kappa shape index (κ1) is 26.0. The van der Waals surface area contributed by atoms with E-state index in [1.807, 2.05) is 13.8 Å². The molecule has 0 aliphatic carbocycles. The Hall–Kier alpha value is -3.59. The second-order valence-corrected chi connectivity index (χ2v) is 9.98. The molecule has 5 nitrogen and oxygen atoms in total. The summed E-state index contributed by atoms with van der Waals surface area (Å²) in [4.78, 5) is 23.6. The Bertz CT molecular complexity index is 1570. The van der Waals surface area contributed by atoms with E-state index in [1.54, 1.807) is 12.1 Å². The fourth-order valence-electron chi connectivity index (χ4n) is 5.14. The summed E-state index contributed by atoms with van der Waals surface area (Å²) in [7, 11) is 1.26. The summed E-state index contributed by atoms with van der Waals surface area (Å²) in [5.74, 6) is -1.26. The van der Waals surface area contributed by atoms with E-state index < -0.39 is 29.0 Å². The van der Waals surface area contributed by atoms with Crippen molar-refractivity contribution in [1.29, 1.82) is 0 Å². The summed E-state index contributed by atoms with van der Waals surface area (Å²) in [6, 6.07) is 10.8. The van der Waals surface area contributed by atoms with Crippen LogP contribution < -0.4 is 4.74 Å². The van der Waals surface area contributed by atoms with Gasteiger partial charge in [-0.3, -0.25) is 4.79 Å². The number of aromatic nitrogens is 2. The zero-order valence-corrected chi connectivity index (χ0v) is 21.6. The van der Waals surface area contributed by atoms with Crippen molar-refractivity contribution in [2.24, 2.45) is 0 Å². The van der Waals surface area contributed by atoms with Crippen LogP contribution in [0.15, 0.2) is 48.5 Å². The average Bonchev–Trinajstić information content (AvgIpc) is 3.50. The van der Waals surface area contributed by atoms with Gasteiger partial charge in [-0.25, -0.2) is 9.37 Å². The van der Waals surface area contributed by atoms with Gasteiger partial charge in [-0.1, -0.05) is 23.7 Å². The molecule has 0 spiro atoms. The minimum Gasteiger partial charge on any atom is -0.494 e. The molecule has 1 amide bonds. The molecule has 0 saturated carbocycles. The largest absolute Gasteiger partial charge is 0.494 e.